The van der Waals surface area contributed by atoms with Crippen LogP contribution in [0.25, 0.3) is 0 Å². The van der Waals surface area contributed by atoms with Crippen molar-refractivity contribution in [3.8, 4) is 11.5 Å². The van der Waals surface area contributed by atoms with Gasteiger partial charge in [0.15, 0.2) is 0 Å². The quantitative estimate of drug-likeness (QED) is 0.308. The predicted molar refractivity (Wildman–Crippen MR) is 148 cm³/mol. The second-order valence-corrected chi connectivity index (χ2v) is 11.4. The van der Waals surface area contributed by atoms with E-state index >= 15 is 0 Å². The van der Waals surface area contributed by atoms with Crippen molar-refractivity contribution in [3.63, 3.8) is 0 Å². The van der Waals surface area contributed by atoms with Crippen LogP contribution in [0.4, 0.5) is 11.5 Å². The molecule has 1 aliphatic heterocycles. The van der Waals surface area contributed by atoms with Crippen LogP contribution >= 0.6 is 11.6 Å². The number of aromatic nitrogens is 2. The fourth-order valence-electron chi connectivity index (χ4n) is 4.17. The van der Waals surface area contributed by atoms with Crippen LogP contribution in [0, 0.1) is 0 Å². The molecule has 199 valence electrons. The summed E-state index contributed by atoms with van der Waals surface area (Å²) in [4.78, 5) is 34.8. The number of hydrogen-bond acceptors (Lipinski definition) is 8. The van der Waals surface area contributed by atoms with Crippen LogP contribution in [0.1, 0.15) is 21.5 Å². The molecule has 38 heavy (non-hydrogen) atoms. The number of rotatable bonds is 9. The van der Waals surface area contributed by atoms with Crippen molar-refractivity contribution in [2.45, 2.75) is 12.8 Å². The Hall–Kier alpha value is -3.33. The first-order valence-electron chi connectivity index (χ1n) is 11.9. The zero-order valence-electron chi connectivity index (χ0n) is 21.4. The van der Waals surface area contributed by atoms with E-state index in [-0.39, 0.29) is 5.91 Å². The van der Waals surface area contributed by atoms with Gasteiger partial charge < -0.3 is 0 Å². The van der Waals surface area contributed by atoms with Crippen molar-refractivity contribution in [1.29, 1.82) is 0 Å². The molecule has 1 aliphatic rings. The predicted octanol–water partition coefficient (Wildman–Crippen LogP) is 0.791. The summed E-state index contributed by atoms with van der Waals surface area (Å²) in [6.07, 6.45) is 3.24. The molecule has 12 heteroatoms. The number of fused-ring (bicyclic) bond motifs is 1. The number of amides is 2. The second kappa shape index (κ2) is 12.5. The van der Waals surface area contributed by atoms with Crippen molar-refractivity contribution in [2.75, 3.05) is 46.2 Å². The summed E-state index contributed by atoms with van der Waals surface area (Å²) in [7, 11) is 4.85. The van der Waals surface area contributed by atoms with Crippen LogP contribution < -0.4 is 34.8 Å². The number of primary amides is 1. The molecule has 0 spiro atoms. The number of hydrogen-bond donors (Lipinski definition) is 3. The van der Waals surface area contributed by atoms with Crippen LogP contribution in [0.5, 0.6) is 11.5 Å². The molecule has 1 radical (unpaired) electrons. The molecule has 1 aromatic heterocycles. The Bertz CT molecular complexity index is 1360. The summed E-state index contributed by atoms with van der Waals surface area (Å²) in [6, 6.07) is 9.12. The molecule has 0 saturated heterocycles. The second-order valence-electron chi connectivity index (χ2n) is 8.62. The zero-order chi connectivity index (χ0) is 27.2. The van der Waals surface area contributed by atoms with Gasteiger partial charge in [-0.2, -0.15) is 0 Å². The van der Waals surface area contributed by atoms with Crippen molar-refractivity contribution < 1.29 is 19.1 Å². The van der Waals surface area contributed by atoms with Crippen molar-refractivity contribution >= 4 is 59.6 Å². The Balaban J connectivity index is 1.58. The van der Waals surface area contributed by atoms with Crippen LogP contribution in [0.15, 0.2) is 36.5 Å². The molecule has 0 aliphatic carbocycles. The molecule has 2 aromatic carbocycles. The fourth-order valence-corrected chi connectivity index (χ4v) is 6.34. The SMILES string of the molecule is CNC(=O)CN1CCc2cc(OC)c([As]c3ncc(Cl)c(Nc4cc(C(N)=O)ccc4OC)n3)cc2CC1. The molecule has 2 heterocycles. The van der Waals surface area contributed by atoms with E-state index in [4.69, 9.17) is 26.8 Å². The number of benzene rings is 2. The number of likely N-dealkylation sites (N-methyl/N-ethyl adjacent to an activating group) is 1. The molecule has 3 aromatic rings. The van der Waals surface area contributed by atoms with E-state index < -0.39 is 21.7 Å². The van der Waals surface area contributed by atoms with Crippen LogP contribution in [0.2, 0.25) is 5.02 Å². The van der Waals surface area contributed by atoms with E-state index in [0.29, 0.717) is 39.0 Å². The van der Waals surface area contributed by atoms with E-state index in [1.54, 1.807) is 38.6 Å². The monoisotopic (exact) mass is 599 g/mol. The molecular weight excluding hydrogens is 571 g/mol. The maximum absolute atomic E-state index is 11.8. The van der Waals surface area contributed by atoms with E-state index in [1.807, 2.05) is 0 Å². The standard InChI is InChI=1S/C26H29AsClN6O4/c1-30-23(35)14-34-8-6-15-10-18(22(38-3)12-16(15)7-9-34)27-26-31-13-19(28)25(33-26)32-20-11-17(24(29)36)4-5-21(20)37-2/h4-5,10-13H,6-9,14H2,1-3H3,(H2,29,36)(H,30,35)(H,31,32,33). The van der Waals surface area contributed by atoms with Gasteiger partial charge in [0.2, 0.25) is 0 Å². The van der Waals surface area contributed by atoms with Crippen molar-refractivity contribution in [1.82, 2.24) is 20.2 Å². The average Bonchev–Trinajstić information content (AvgIpc) is 3.11. The minimum atomic E-state index is -0.634. The summed E-state index contributed by atoms with van der Waals surface area (Å²) in [5.41, 5.74) is 8.75. The van der Waals surface area contributed by atoms with Gasteiger partial charge >= 0.3 is 233 Å². The van der Waals surface area contributed by atoms with Gasteiger partial charge in [0.05, 0.1) is 0 Å². The summed E-state index contributed by atoms with van der Waals surface area (Å²) >= 11 is 5.78. The Morgan fingerprint density at radius 2 is 1.82 bits per heavy atom. The zero-order valence-corrected chi connectivity index (χ0v) is 24.0. The third-order valence-electron chi connectivity index (χ3n) is 6.23. The van der Waals surface area contributed by atoms with Gasteiger partial charge in [-0.1, -0.05) is 0 Å². The van der Waals surface area contributed by atoms with Crippen LogP contribution in [0.3, 0.4) is 0 Å². The molecule has 4 N–H and O–H groups in total. The van der Waals surface area contributed by atoms with E-state index in [2.05, 4.69) is 37.6 Å². The third-order valence-corrected chi connectivity index (χ3v) is 8.62. The first-order chi connectivity index (χ1) is 18.3. The number of methoxy groups -OCH3 is 2. The molecule has 0 saturated carbocycles. The van der Waals surface area contributed by atoms with E-state index in [0.717, 1.165) is 36.0 Å². The normalized spacial score (nSPS) is 13.6. The van der Waals surface area contributed by atoms with Gasteiger partial charge in [-0.05, 0) is 0 Å². The number of nitrogens with one attached hydrogen (secondary N) is 2. The molecule has 0 atom stereocenters. The van der Waals surface area contributed by atoms with Gasteiger partial charge in [0.25, 0.3) is 0 Å². The van der Waals surface area contributed by atoms with Crippen LogP contribution in [-0.4, -0.2) is 83.3 Å². The molecule has 0 unspecified atom stereocenters. The first-order valence-corrected chi connectivity index (χ1v) is 14.2. The molecule has 4 rings (SSSR count). The maximum atomic E-state index is 11.8. The number of nitrogens with two attached hydrogens (primary N) is 1. The molecular formula is C26H29AsClN6O4. The first kappa shape index (κ1) is 27.7. The van der Waals surface area contributed by atoms with Crippen molar-refractivity contribution in [2.24, 2.45) is 5.73 Å². The molecule has 0 bridgehead atoms. The van der Waals surface area contributed by atoms with Gasteiger partial charge in [-0.25, -0.2) is 0 Å². The Morgan fingerprint density at radius 1 is 1.11 bits per heavy atom. The number of carbonyl (C=O) groups excluding carboxylic acids is 2. The fraction of sp³-hybridized carbons (Fsp3) is 0.308. The number of ether oxygens (including phenoxy) is 2. The van der Waals surface area contributed by atoms with Gasteiger partial charge in [-0.15, -0.1) is 0 Å². The minimum absolute atomic E-state index is 0.0162. The summed E-state index contributed by atoms with van der Waals surface area (Å²) < 4.78 is 12.8. The number of nitrogens with zero attached hydrogens (tertiary/aromatic N) is 3. The molecule has 0 fully saturated rings. The van der Waals surface area contributed by atoms with E-state index in [1.165, 1.54) is 18.2 Å². The van der Waals surface area contributed by atoms with Gasteiger partial charge in [0.1, 0.15) is 0 Å². The molecule has 10 nitrogen and oxygen atoms in total. The third kappa shape index (κ3) is 6.56. The molecule has 2 amide bonds. The number of carbonyl (C=O) groups is 2. The number of anilines is 2. The Kier molecular flexibility index (Phi) is 9.09. The van der Waals surface area contributed by atoms with Crippen LogP contribution in [-0.2, 0) is 17.6 Å². The summed E-state index contributed by atoms with van der Waals surface area (Å²) in [6.45, 7) is 2.01. The Labute approximate surface area is 232 Å². The summed E-state index contributed by atoms with van der Waals surface area (Å²) in [5.74, 6) is 1.17. The van der Waals surface area contributed by atoms with Gasteiger partial charge in [0, 0.05) is 0 Å². The van der Waals surface area contributed by atoms with E-state index in [9.17, 15) is 9.59 Å². The topological polar surface area (TPSA) is 132 Å². The summed E-state index contributed by atoms with van der Waals surface area (Å²) in [5, 5.41) is 6.17. The Morgan fingerprint density at radius 3 is 2.47 bits per heavy atom. The average molecular weight is 600 g/mol. The van der Waals surface area contributed by atoms with Crippen molar-refractivity contribution in [3.05, 3.63) is 58.2 Å². The van der Waals surface area contributed by atoms with Gasteiger partial charge in [-0.3, -0.25) is 0 Å². The number of halogens is 1.